The molecule has 45 heteroatoms. The molecule has 8 aromatic rings. The number of fused-ring (bicyclic) bond motifs is 3. The molecule has 0 bridgehead atoms. The minimum atomic E-state index is -5.56. The Balaban J connectivity index is 1.29. The Morgan fingerprint density at radius 2 is 0.966 bits per heavy atom. The summed E-state index contributed by atoms with van der Waals surface area (Å²) in [5.74, 6) is -6.29. The van der Waals surface area contributed by atoms with Crippen LogP contribution in [0, 0.1) is 0 Å². The lowest BCUT2D eigenvalue weighted by Crippen LogP contribution is -2.02. The molecule has 0 heterocycles. The second-order valence-corrected chi connectivity index (χ2v) is 24.1. The minimum absolute atomic E-state index is 0.0208. The van der Waals surface area contributed by atoms with Crippen molar-refractivity contribution in [2.75, 3.05) is 5.73 Å². The molecule has 0 aliphatic heterocycles. The Morgan fingerprint density at radius 1 is 0.449 bits per heavy atom. The largest absolute Gasteiger partial charge is 0.505 e. The van der Waals surface area contributed by atoms with Gasteiger partial charge in [0.15, 0.2) is 17.2 Å². The van der Waals surface area contributed by atoms with Crippen LogP contribution in [0.4, 0.5) is 51.2 Å². The highest BCUT2D eigenvalue weighted by Gasteiger charge is 2.30. The molecule has 0 saturated carbocycles. The van der Waals surface area contributed by atoms with E-state index in [-0.39, 0.29) is 67.4 Å². The monoisotopic (exact) mass is 1390 g/mol. The summed E-state index contributed by atoms with van der Waals surface area (Å²) >= 11 is 6.65. The van der Waals surface area contributed by atoms with Gasteiger partial charge in [0.25, 0.3) is 30.4 Å². The third kappa shape index (κ3) is 14.9. The van der Waals surface area contributed by atoms with Gasteiger partial charge < -0.3 is 31.3 Å². The van der Waals surface area contributed by atoms with Gasteiger partial charge in [0.1, 0.15) is 60.2 Å². The zero-order valence-electron chi connectivity index (χ0n) is 42.4. The summed E-state index contributed by atoms with van der Waals surface area (Å²) < 4.78 is 128. The maximum atomic E-state index is 13.3. The fourth-order valence-corrected chi connectivity index (χ4v) is 12.0. The Kier molecular flexibility index (Phi) is 20.9. The van der Waals surface area contributed by atoms with E-state index in [1.165, 1.54) is 18.2 Å². The summed E-state index contributed by atoms with van der Waals surface area (Å²) in [6.07, 6.45) is 0. The molecule has 8 aromatic carbocycles. The summed E-state index contributed by atoms with van der Waals surface area (Å²) in [4.78, 5) is 19.0. The number of hydrogen-bond acceptors (Lipinski definition) is 36. The van der Waals surface area contributed by atoms with Gasteiger partial charge in [-0.15, -0.1) is 58.2 Å². The number of rotatable bonds is 25. The van der Waals surface area contributed by atoms with Gasteiger partial charge >= 0.3 is 11.9 Å². The fraction of sp³-hybridized carbons (Fsp3) is 0. The van der Waals surface area contributed by atoms with Gasteiger partial charge in [0.05, 0.1) is 90.0 Å². The van der Waals surface area contributed by atoms with Crippen LogP contribution in [0.3, 0.4) is 0 Å². The molecule has 0 fully saturated rings. The predicted molar refractivity (Wildman–Crippen MR) is 302 cm³/mol. The van der Waals surface area contributed by atoms with Gasteiger partial charge in [-0.25, -0.2) is 30.6 Å². The molecule has 0 unspecified atom stereocenters. The van der Waals surface area contributed by atoms with Gasteiger partial charge in [-0.2, -0.15) is 25.3 Å². The van der Waals surface area contributed by atoms with Crippen molar-refractivity contribution >= 4 is 186 Å². The molecule has 0 saturated heterocycles. The van der Waals surface area contributed by atoms with Crippen LogP contribution in [0.5, 0.6) is 17.2 Å². The van der Waals surface area contributed by atoms with Crippen LogP contribution in [-0.4, -0.2) is 97.4 Å². The van der Waals surface area contributed by atoms with Crippen molar-refractivity contribution in [3.05, 3.63) is 101 Å². The van der Waals surface area contributed by atoms with Crippen LogP contribution in [0.15, 0.2) is 160 Å². The molecule has 89 heavy (non-hydrogen) atoms. The maximum Gasteiger partial charge on any atom is 0.337 e. The van der Waals surface area contributed by atoms with Crippen LogP contribution < -0.4 is 5.73 Å². The summed E-state index contributed by atoms with van der Waals surface area (Å²) in [5.41, 5.74) is -0.382. The predicted octanol–water partition coefficient (Wildman–Crippen LogP) is 13.0. The summed E-state index contributed by atoms with van der Waals surface area (Å²) in [5, 5.41) is 133. The maximum absolute atomic E-state index is 13.3. The number of nitrogen functional groups attached to an aromatic ring is 1. The Bertz CT molecular complexity index is 4700. The van der Waals surface area contributed by atoms with E-state index in [1.54, 1.807) is 0 Å². The van der Waals surface area contributed by atoms with Crippen LogP contribution in [-0.2, 0) is 67.8 Å². The van der Waals surface area contributed by atoms with Gasteiger partial charge in [0, 0.05) is 26.6 Å². The number of aromatic hydroxyl groups is 3. The number of nitrogens with two attached hydrogens (primary N) is 1. The molecule has 8 rings (SSSR count). The molecule has 37 nitrogen and oxygen atoms in total. The second-order valence-electron chi connectivity index (χ2n) is 16.6. The molecule has 0 atom stereocenters. The van der Waals surface area contributed by atoms with Crippen molar-refractivity contribution < 1.29 is 133 Å². The Morgan fingerprint density at radius 3 is 1.55 bits per heavy atom. The molecular formula is C44H28ClN9O28S7. The van der Waals surface area contributed by atoms with E-state index in [0.717, 1.165) is 60.7 Å². The van der Waals surface area contributed by atoms with Crippen molar-refractivity contribution in [2.45, 2.75) is 34.3 Å². The van der Waals surface area contributed by atoms with E-state index in [4.69, 9.17) is 38.4 Å². The third-order valence-electron chi connectivity index (χ3n) is 11.5. The van der Waals surface area contributed by atoms with Crippen LogP contribution in [0.25, 0.3) is 32.3 Å². The molecule has 0 aliphatic carbocycles. The van der Waals surface area contributed by atoms with E-state index < -0.39 is 162 Å². The molecular weight excluding hydrogens is 1360 g/mol. The number of halogens is 1. The summed E-state index contributed by atoms with van der Waals surface area (Å²) in [6, 6.07) is 13.4. The fourth-order valence-electron chi connectivity index (χ4n) is 7.85. The topological polar surface area (TPSA) is 578 Å². The van der Waals surface area contributed by atoms with E-state index in [2.05, 4.69) is 78.4 Å². The number of nitrogens with zero attached hydrogens (tertiary/aromatic N) is 8. The van der Waals surface area contributed by atoms with Crippen molar-refractivity contribution in [1.29, 1.82) is 0 Å². The smallest absolute Gasteiger partial charge is 0.337 e. The number of phenolic OH excluding ortho intramolecular Hbond substituents is 3. The molecule has 0 aromatic heterocycles. The summed E-state index contributed by atoms with van der Waals surface area (Å²) in [6.45, 7) is 0. The van der Waals surface area contributed by atoms with E-state index in [0.29, 0.717) is 18.1 Å². The molecule has 0 radical (unpaired) electrons. The van der Waals surface area contributed by atoms with Crippen LogP contribution in [0.1, 0.15) is 20.7 Å². The highest BCUT2D eigenvalue weighted by molar-refractivity contribution is 7.95. The molecule has 0 spiro atoms. The third-order valence-corrected chi connectivity index (χ3v) is 16.9. The minimum Gasteiger partial charge on any atom is -0.505 e. The Labute approximate surface area is 514 Å². The van der Waals surface area contributed by atoms with Crippen molar-refractivity contribution in [3.8, 4) is 17.2 Å². The van der Waals surface area contributed by atoms with Crippen LogP contribution >= 0.6 is 59.8 Å². The number of aromatic carboxylic acids is 2. The van der Waals surface area contributed by atoms with E-state index >= 15 is 0 Å². The number of carboxylic acids is 2. The lowest BCUT2D eigenvalue weighted by atomic mass is 10.0. The van der Waals surface area contributed by atoms with Crippen LogP contribution in [0.2, 0.25) is 5.02 Å². The van der Waals surface area contributed by atoms with Crippen molar-refractivity contribution in [1.82, 2.24) is 0 Å². The van der Waals surface area contributed by atoms with Gasteiger partial charge in [-0.1, -0.05) is 31.8 Å². The lowest BCUT2D eigenvalue weighted by Gasteiger charge is -2.15. The number of azo groups is 4. The quantitative estimate of drug-likeness (QED) is 0.00631. The molecule has 0 amide bonds. The normalized spacial score (nSPS) is 12.6. The summed E-state index contributed by atoms with van der Waals surface area (Å²) in [7, 11) is -16.3. The highest BCUT2D eigenvalue weighted by Crippen LogP contribution is 2.53. The zero-order chi connectivity index (χ0) is 64.9. The zero-order valence-corrected chi connectivity index (χ0v) is 48.8. The van der Waals surface area contributed by atoms with Gasteiger partial charge in [0.2, 0.25) is 0 Å². The average molecular weight is 1390 g/mol. The standard InChI is InChI=1S/C44H28ClN9O28S7/c45-17-2-6-28(83-79-75-62)25(10-17)50-54-38-33(88(69,70)71)9-16-8-29(84-80-76-63)26(11-20(16)40(38)56)49-51-27-14-32(87(66,67)68)22-13-31(86-82-78-65)37(41(57)34(22)35(27)46)53-47-23-5-4-18-21(42(23)89(72,73)74)12-30(85-81-77-64)36(39(18)55)52-48-24-7-15(43(58)59)1-3-19(24)44(60)61/h1-14,55-57,62-65H,46H2,(H,58,59)(H,60,61)(H,66,67,68)(H,69,70,71)(H,72,73,74). The first-order valence-electron chi connectivity index (χ1n) is 22.5. The van der Waals surface area contributed by atoms with Crippen molar-refractivity contribution in [3.63, 3.8) is 0 Å². The van der Waals surface area contributed by atoms with E-state index in [9.17, 15) is 74.0 Å². The van der Waals surface area contributed by atoms with Gasteiger partial charge in [-0.3, -0.25) is 13.7 Å². The number of phenols is 3. The SMILES string of the molecule is Nc1c(N=Nc2cc3c(O)c(N=Nc4cc(Cl)ccc4SOOO)c(S(=O)(=O)O)cc3cc2SOOO)cc(S(=O)(=O)O)c2cc(SOOO)c(N=Nc3ccc4c(O)c(N=Nc5cc(C(=O)O)ccc5C(=O)O)c(SOOO)cc4c3S(=O)(=O)O)c(O)c12. The first kappa shape index (κ1) is 67.0. The first-order valence-corrected chi connectivity index (χ1v) is 30.1. The first-order chi connectivity index (χ1) is 42.1. The lowest BCUT2D eigenvalue weighted by molar-refractivity contribution is -0.432. The average Bonchev–Trinajstić information content (AvgIpc) is 0.816. The van der Waals surface area contributed by atoms with Gasteiger partial charge in [-0.05, 0) is 90.3 Å². The number of carbonyl (C=O) groups is 2. The molecule has 14 N–H and O–H groups in total. The molecule has 466 valence electrons. The van der Waals surface area contributed by atoms with Crippen molar-refractivity contribution in [2.24, 2.45) is 40.9 Å². The number of hydrogen-bond donors (Lipinski definition) is 13. The van der Waals surface area contributed by atoms with E-state index in [1.807, 2.05) is 0 Å². The second kappa shape index (κ2) is 27.8. The number of anilines is 1. The number of carboxylic acid groups (broad SMARTS) is 2. The number of benzene rings is 8. The molecule has 0 aliphatic rings. The highest BCUT2D eigenvalue weighted by atomic mass is 35.5. The Hall–Kier alpha value is -7.98.